The number of piperidine rings is 1. The number of carbonyl (C=O) groups excluding carboxylic acids is 1. The van der Waals surface area contributed by atoms with Crippen LogP contribution < -0.4 is 15.5 Å². The number of nitrogens with one attached hydrogen (secondary N) is 2. The van der Waals surface area contributed by atoms with Crippen LogP contribution in [0.15, 0.2) is 48.5 Å². The maximum Gasteiger partial charge on any atom is 0.322 e. The van der Waals surface area contributed by atoms with E-state index >= 15 is 0 Å². The molecule has 138 valence electrons. The van der Waals surface area contributed by atoms with Crippen molar-refractivity contribution in [1.82, 2.24) is 10.6 Å². The minimum Gasteiger partial charge on any atom is -0.322 e. The van der Waals surface area contributed by atoms with Crippen LogP contribution in [0.2, 0.25) is 5.02 Å². The van der Waals surface area contributed by atoms with E-state index in [2.05, 4.69) is 10.6 Å². The summed E-state index contributed by atoms with van der Waals surface area (Å²) in [7, 11) is 1.73. The highest BCUT2D eigenvalue weighted by molar-refractivity contribution is 6.30. The molecule has 1 heterocycles. The molecular formula is C20H23ClFN3O. The number of urea groups is 1. The van der Waals surface area contributed by atoms with Crippen LogP contribution in [0.25, 0.3) is 0 Å². The molecule has 26 heavy (non-hydrogen) atoms. The second-order valence-electron chi connectivity index (χ2n) is 6.72. The molecule has 1 saturated heterocycles. The van der Waals surface area contributed by atoms with E-state index in [-0.39, 0.29) is 18.0 Å². The lowest BCUT2D eigenvalue weighted by Crippen LogP contribution is -2.53. The first-order chi connectivity index (χ1) is 12.5. The highest BCUT2D eigenvalue weighted by Gasteiger charge is 2.23. The molecule has 1 fully saturated rings. The molecule has 0 aromatic heterocycles. The average molecular weight is 376 g/mol. The van der Waals surface area contributed by atoms with Gasteiger partial charge in [0.05, 0.1) is 6.17 Å². The van der Waals surface area contributed by atoms with Crippen LogP contribution >= 0.6 is 11.6 Å². The van der Waals surface area contributed by atoms with Gasteiger partial charge in [-0.25, -0.2) is 9.18 Å². The molecule has 0 spiro atoms. The summed E-state index contributed by atoms with van der Waals surface area (Å²) in [5, 5.41) is 7.05. The van der Waals surface area contributed by atoms with Crippen LogP contribution in [0.1, 0.15) is 18.4 Å². The monoisotopic (exact) mass is 375 g/mol. The Morgan fingerprint density at radius 1 is 1.19 bits per heavy atom. The topological polar surface area (TPSA) is 44.4 Å². The van der Waals surface area contributed by atoms with Crippen molar-refractivity contribution in [3.05, 3.63) is 64.9 Å². The van der Waals surface area contributed by atoms with Crippen molar-refractivity contribution in [2.75, 3.05) is 18.5 Å². The van der Waals surface area contributed by atoms with Gasteiger partial charge in [0.1, 0.15) is 5.82 Å². The van der Waals surface area contributed by atoms with E-state index in [1.807, 2.05) is 24.3 Å². The fourth-order valence-corrected chi connectivity index (χ4v) is 3.32. The maximum atomic E-state index is 13.0. The van der Waals surface area contributed by atoms with Gasteiger partial charge in [0.25, 0.3) is 0 Å². The Balaban J connectivity index is 1.46. The number of amides is 2. The number of halogens is 2. The Labute approximate surface area is 158 Å². The van der Waals surface area contributed by atoms with E-state index in [1.54, 1.807) is 24.1 Å². The minimum atomic E-state index is -0.205. The Morgan fingerprint density at radius 3 is 2.50 bits per heavy atom. The molecule has 2 aromatic carbocycles. The predicted octanol–water partition coefficient (Wildman–Crippen LogP) is 4.19. The van der Waals surface area contributed by atoms with Gasteiger partial charge in [0.2, 0.25) is 0 Å². The largest absolute Gasteiger partial charge is 0.322 e. The number of hydrogen-bond acceptors (Lipinski definition) is 2. The molecule has 1 aliphatic heterocycles. The lowest BCUT2D eigenvalue weighted by atomic mass is 9.91. The lowest BCUT2D eigenvalue weighted by molar-refractivity contribution is 0.228. The van der Waals surface area contributed by atoms with Gasteiger partial charge >= 0.3 is 6.03 Å². The van der Waals surface area contributed by atoms with Crippen LogP contribution in [-0.2, 0) is 6.42 Å². The van der Waals surface area contributed by atoms with Crippen LogP contribution in [0.4, 0.5) is 14.9 Å². The maximum absolute atomic E-state index is 13.0. The van der Waals surface area contributed by atoms with Gasteiger partial charge in [0, 0.05) is 24.3 Å². The first-order valence-corrected chi connectivity index (χ1v) is 9.16. The van der Waals surface area contributed by atoms with Crippen molar-refractivity contribution in [2.24, 2.45) is 5.92 Å². The Morgan fingerprint density at radius 2 is 1.88 bits per heavy atom. The Kier molecular flexibility index (Phi) is 6.12. The van der Waals surface area contributed by atoms with Crippen molar-refractivity contribution in [1.29, 1.82) is 0 Å². The highest BCUT2D eigenvalue weighted by Crippen LogP contribution is 2.20. The molecule has 0 aliphatic carbocycles. The highest BCUT2D eigenvalue weighted by atomic mass is 35.5. The van der Waals surface area contributed by atoms with Crippen LogP contribution in [-0.4, -0.2) is 25.8 Å². The molecule has 2 aromatic rings. The summed E-state index contributed by atoms with van der Waals surface area (Å²) in [6, 6.07) is 13.7. The van der Waals surface area contributed by atoms with Crippen molar-refractivity contribution in [3.63, 3.8) is 0 Å². The Bertz CT molecular complexity index is 728. The SMILES string of the molecule is CN(C(=O)N[C@@H]1CC[C@@H](Cc2ccc(F)cc2)CN1)c1ccc(Cl)cc1. The molecule has 1 aliphatic rings. The summed E-state index contributed by atoms with van der Waals surface area (Å²) in [5.74, 6) is 0.283. The normalized spacial score (nSPS) is 19.8. The number of nitrogens with zero attached hydrogens (tertiary/aromatic N) is 1. The van der Waals surface area contributed by atoms with Gasteiger partial charge < -0.3 is 5.32 Å². The molecule has 4 nitrogen and oxygen atoms in total. The first kappa shape index (κ1) is 18.7. The van der Waals surface area contributed by atoms with E-state index in [0.717, 1.165) is 37.1 Å². The molecule has 0 radical (unpaired) electrons. The summed E-state index contributed by atoms with van der Waals surface area (Å²) in [6.45, 7) is 0.826. The zero-order valence-corrected chi connectivity index (χ0v) is 15.5. The Hall–Kier alpha value is -2.11. The van der Waals surface area contributed by atoms with Gasteiger partial charge in [0.15, 0.2) is 0 Å². The zero-order valence-electron chi connectivity index (χ0n) is 14.7. The van der Waals surface area contributed by atoms with Gasteiger partial charge in [-0.05, 0) is 67.1 Å². The van der Waals surface area contributed by atoms with E-state index < -0.39 is 0 Å². The fourth-order valence-electron chi connectivity index (χ4n) is 3.19. The zero-order chi connectivity index (χ0) is 18.5. The lowest BCUT2D eigenvalue weighted by Gasteiger charge is -2.31. The van der Waals surface area contributed by atoms with Gasteiger partial charge in [-0.15, -0.1) is 0 Å². The summed E-state index contributed by atoms with van der Waals surface area (Å²) < 4.78 is 13.0. The molecule has 0 unspecified atom stereocenters. The van der Waals surface area contributed by atoms with Crippen molar-refractivity contribution in [3.8, 4) is 0 Å². The smallest absolute Gasteiger partial charge is 0.322 e. The summed E-state index contributed by atoms with van der Waals surface area (Å²) in [4.78, 5) is 14.0. The molecule has 6 heteroatoms. The molecular weight excluding hydrogens is 353 g/mol. The quantitative estimate of drug-likeness (QED) is 0.841. The van der Waals surface area contributed by atoms with Crippen LogP contribution in [0.3, 0.4) is 0 Å². The van der Waals surface area contributed by atoms with Crippen molar-refractivity contribution in [2.45, 2.75) is 25.4 Å². The number of anilines is 1. The molecule has 2 atom stereocenters. The third-order valence-electron chi connectivity index (χ3n) is 4.77. The standard InChI is InChI=1S/C20H23ClFN3O/c1-25(18-9-5-16(21)6-10-18)20(26)24-19-11-4-15(13-23-19)12-14-2-7-17(22)8-3-14/h2-3,5-10,15,19,23H,4,11-13H2,1H3,(H,24,26)/t15-,19+/m0/s1. The van der Waals surface area contributed by atoms with Crippen molar-refractivity contribution < 1.29 is 9.18 Å². The summed E-state index contributed by atoms with van der Waals surface area (Å²) in [6.07, 6.45) is 2.76. The van der Waals surface area contributed by atoms with E-state index in [0.29, 0.717) is 10.9 Å². The summed E-state index contributed by atoms with van der Waals surface area (Å²) in [5.41, 5.74) is 1.93. The van der Waals surface area contributed by atoms with Crippen LogP contribution in [0.5, 0.6) is 0 Å². The fraction of sp³-hybridized carbons (Fsp3) is 0.350. The van der Waals surface area contributed by atoms with E-state index in [9.17, 15) is 9.18 Å². The predicted molar refractivity (Wildman–Crippen MR) is 103 cm³/mol. The average Bonchev–Trinajstić information content (AvgIpc) is 2.65. The second-order valence-corrected chi connectivity index (χ2v) is 7.16. The molecule has 2 N–H and O–H groups in total. The van der Waals surface area contributed by atoms with Crippen molar-refractivity contribution >= 4 is 23.3 Å². The molecule has 0 saturated carbocycles. The number of carbonyl (C=O) groups is 1. The number of rotatable bonds is 4. The van der Waals surface area contributed by atoms with Gasteiger partial charge in [-0.1, -0.05) is 23.7 Å². The van der Waals surface area contributed by atoms with Gasteiger partial charge in [-0.2, -0.15) is 0 Å². The third kappa shape index (κ3) is 4.96. The van der Waals surface area contributed by atoms with E-state index in [4.69, 9.17) is 11.6 Å². The molecule has 3 rings (SSSR count). The first-order valence-electron chi connectivity index (χ1n) is 8.79. The molecule has 0 bridgehead atoms. The van der Waals surface area contributed by atoms with Gasteiger partial charge in [-0.3, -0.25) is 10.2 Å². The third-order valence-corrected chi connectivity index (χ3v) is 5.02. The second kappa shape index (κ2) is 8.52. The van der Waals surface area contributed by atoms with E-state index in [1.165, 1.54) is 12.1 Å². The number of benzene rings is 2. The minimum absolute atomic E-state index is 0.0401. The number of hydrogen-bond donors (Lipinski definition) is 2. The molecule has 2 amide bonds. The summed E-state index contributed by atoms with van der Waals surface area (Å²) >= 11 is 5.88. The van der Waals surface area contributed by atoms with Crippen LogP contribution in [0, 0.1) is 11.7 Å².